The zero-order valence-electron chi connectivity index (χ0n) is 8.09. The standard InChI is InChI=1S/C11H17ClO/c1-10(13)9-3-7-2-8(4-9)6-11(10,12)5-7/h7-9,13H,2-6H2,1H3. The van der Waals surface area contributed by atoms with Gasteiger partial charge in [-0.25, -0.2) is 0 Å². The van der Waals surface area contributed by atoms with Crippen LogP contribution < -0.4 is 0 Å². The van der Waals surface area contributed by atoms with Gasteiger partial charge in [-0.15, -0.1) is 11.6 Å². The van der Waals surface area contributed by atoms with Gasteiger partial charge in [-0.2, -0.15) is 0 Å². The van der Waals surface area contributed by atoms with E-state index in [1.807, 2.05) is 6.92 Å². The van der Waals surface area contributed by atoms with Crippen LogP contribution in [-0.2, 0) is 0 Å². The molecule has 0 radical (unpaired) electrons. The van der Waals surface area contributed by atoms with Crippen LogP contribution in [0.1, 0.15) is 39.0 Å². The number of halogens is 1. The van der Waals surface area contributed by atoms with Gasteiger partial charge in [0, 0.05) is 0 Å². The number of alkyl halides is 1. The average molecular weight is 201 g/mol. The Hall–Kier alpha value is 0.250. The van der Waals surface area contributed by atoms with Gasteiger partial charge in [-0.05, 0) is 56.8 Å². The number of hydrogen-bond acceptors (Lipinski definition) is 1. The Kier molecular flexibility index (Phi) is 1.48. The van der Waals surface area contributed by atoms with Crippen LogP contribution in [0.4, 0.5) is 0 Å². The molecule has 0 aliphatic heterocycles. The van der Waals surface area contributed by atoms with E-state index in [1.165, 1.54) is 19.3 Å². The van der Waals surface area contributed by atoms with Crippen LogP contribution in [0.5, 0.6) is 0 Å². The molecule has 1 N–H and O–H groups in total. The molecule has 3 unspecified atom stereocenters. The monoisotopic (exact) mass is 200 g/mol. The summed E-state index contributed by atoms with van der Waals surface area (Å²) in [5, 5.41) is 10.4. The van der Waals surface area contributed by atoms with Crippen molar-refractivity contribution in [3.8, 4) is 0 Å². The summed E-state index contributed by atoms with van der Waals surface area (Å²) in [6, 6.07) is 0. The highest BCUT2D eigenvalue weighted by Gasteiger charge is 2.62. The Labute approximate surface area is 84.5 Å². The molecule has 4 fully saturated rings. The summed E-state index contributed by atoms with van der Waals surface area (Å²) >= 11 is 6.57. The van der Waals surface area contributed by atoms with Crippen LogP contribution in [0.15, 0.2) is 0 Å². The average Bonchev–Trinajstić information content (AvgIpc) is 1.99. The van der Waals surface area contributed by atoms with E-state index >= 15 is 0 Å². The van der Waals surface area contributed by atoms with Gasteiger partial charge in [0.2, 0.25) is 0 Å². The molecule has 13 heavy (non-hydrogen) atoms. The van der Waals surface area contributed by atoms with Gasteiger partial charge in [0.25, 0.3) is 0 Å². The molecule has 0 saturated heterocycles. The fourth-order valence-corrected chi connectivity index (χ4v) is 4.73. The lowest BCUT2D eigenvalue weighted by molar-refractivity contribution is -0.146. The molecular formula is C11H17ClO. The van der Waals surface area contributed by atoms with E-state index < -0.39 is 5.60 Å². The molecule has 4 aliphatic carbocycles. The van der Waals surface area contributed by atoms with Crippen LogP contribution in [0, 0.1) is 17.8 Å². The van der Waals surface area contributed by atoms with Gasteiger partial charge in [-0.1, -0.05) is 0 Å². The van der Waals surface area contributed by atoms with Crippen LogP contribution in [0.3, 0.4) is 0 Å². The molecule has 0 amide bonds. The highest BCUT2D eigenvalue weighted by atomic mass is 35.5. The number of rotatable bonds is 0. The minimum Gasteiger partial charge on any atom is -0.388 e. The van der Waals surface area contributed by atoms with E-state index in [0.717, 1.165) is 24.7 Å². The molecule has 0 spiro atoms. The van der Waals surface area contributed by atoms with E-state index in [-0.39, 0.29) is 4.87 Å². The lowest BCUT2D eigenvalue weighted by atomic mass is 9.50. The summed E-state index contributed by atoms with van der Waals surface area (Å²) in [6.45, 7) is 1.96. The maximum absolute atomic E-state index is 10.4. The molecule has 4 saturated carbocycles. The molecule has 4 bridgehead atoms. The Balaban J connectivity index is 2.03. The summed E-state index contributed by atoms with van der Waals surface area (Å²) in [5.41, 5.74) is -0.595. The highest BCUT2D eigenvalue weighted by Crippen LogP contribution is 2.62. The van der Waals surface area contributed by atoms with Crippen LogP contribution in [-0.4, -0.2) is 15.6 Å². The molecule has 0 aromatic carbocycles. The number of aliphatic hydroxyl groups is 1. The van der Waals surface area contributed by atoms with E-state index in [1.54, 1.807) is 0 Å². The van der Waals surface area contributed by atoms with Gasteiger partial charge in [-0.3, -0.25) is 0 Å². The van der Waals surface area contributed by atoms with Gasteiger partial charge in [0.15, 0.2) is 0 Å². The van der Waals surface area contributed by atoms with E-state index in [4.69, 9.17) is 11.6 Å². The molecule has 1 nitrogen and oxygen atoms in total. The summed E-state index contributed by atoms with van der Waals surface area (Å²) in [5.74, 6) is 2.11. The van der Waals surface area contributed by atoms with Gasteiger partial charge in [0.1, 0.15) is 0 Å². The first kappa shape index (κ1) is 8.55. The molecular weight excluding hydrogens is 184 g/mol. The van der Waals surface area contributed by atoms with Gasteiger partial charge >= 0.3 is 0 Å². The van der Waals surface area contributed by atoms with Crippen molar-refractivity contribution in [1.29, 1.82) is 0 Å². The lowest BCUT2D eigenvalue weighted by Gasteiger charge is -2.62. The third kappa shape index (κ3) is 0.928. The third-order valence-electron chi connectivity index (χ3n) is 4.83. The molecule has 74 valence electrons. The molecule has 4 rings (SSSR count). The van der Waals surface area contributed by atoms with Crippen molar-refractivity contribution in [1.82, 2.24) is 0 Å². The molecule has 3 atom stereocenters. The second-order valence-electron chi connectivity index (χ2n) is 5.66. The summed E-state index contributed by atoms with van der Waals surface area (Å²) in [4.78, 5) is -0.276. The van der Waals surface area contributed by atoms with E-state index in [2.05, 4.69) is 0 Å². The Bertz CT molecular complexity index is 234. The lowest BCUT2D eigenvalue weighted by Crippen LogP contribution is -2.64. The predicted molar refractivity (Wildman–Crippen MR) is 52.8 cm³/mol. The quantitative estimate of drug-likeness (QED) is 0.596. The fourth-order valence-electron chi connectivity index (χ4n) is 4.13. The van der Waals surface area contributed by atoms with Crippen molar-refractivity contribution in [3.63, 3.8) is 0 Å². The van der Waals surface area contributed by atoms with E-state index in [9.17, 15) is 5.11 Å². The van der Waals surface area contributed by atoms with Crippen molar-refractivity contribution in [2.45, 2.75) is 49.5 Å². The molecule has 0 aromatic rings. The largest absolute Gasteiger partial charge is 0.388 e. The summed E-state index contributed by atoms with van der Waals surface area (Å²) in [7, 11) is 0. The second-order valence-corrected chi connectivity index (χ2v) is 6.38. The fraction of sp³-hybridized carbons (Fsp3) is 1.00. The molecule has 2 heteroatoms. The van der Waals surface area contributed by atoms with Crippen molar-refractivity contribution >= 4 is 11.6 Å². The van der Waals surface area contributed by atoms with Crippen molar-refractivity contribution < 1.29 is 5.11 Å². The highest BCUT2D eigenvalue weighted by molar-refractivity contribution is 6.25. The maximum Gasteiger partial charge on any atom is 0.0838 e. The van der Waals surface area contributed by atoms with Crippen molar-refractivity contribution in [2.75, 3.05) is 0 Å². The Morgan fingerprint density at radius 2 is 1.69 bits per heavy atom. The van der Waals surface area contributed by atoms with Crippen LogP contribution in [0.2, 0.25) is 0 Å². The van der Waals surface area contributed by atoms with Crippen molar-refractivity contribution in [3.05, 3.63) is 0 Å². The Morgan fingerprint density at radius 3 is 2.15 bits per heavy atom. The summed E-state index contributed by atoms with van der Waals surface area (Å²) in [6.07, 6.45) is 5.92. The second kappa shape index (κ2) is 2.25. The molecule has 4 aliphatic rings. The zero-order chi connectivity index (χ0) is 9.27. The van der Waals surface area contributed by atoms with Crippen LogP contribution in [0.25, 0.3) is 0 Å². The topological polar surface area (TPSA) is 20.2 Å². The van der Waals surface area contributed by atoms with Gasteiger partial charge in [0.05, 0.1) is 10.5 Å². The first-order valence-corrected chi connectivity index (χ1v) is 5.80. The maximum atomic E-state index is 10.4. The molecule has 0 heterocycles. The van der Waals surface area contributed by atoms with Crippen molar-refractivity contribution in [2.24, 2.45) is 17.8 Å². The normalized spacial score (nSPS) is 64.4. The molecule has 0 aromatic heterocycles. The zero-order valence-corrected chi connectivity index (χ0v) is 8.85. The summed E-state index contributed by atoms with van der Waals surface area (Å²) < 4.78 is 0. The minimum absolute atomic E-state index is 0.276. The van der Waals surface area contributed by atoms with Gasteiger partial charge < -0.3 is 5.11 Å². The Morgan fingerprint density at radius 1 is 1.15 bits per heavy atom. The first-order valence-electron chi connectivity index (χ1n) is 5.42. The minimum atomic E-state index is -0.595. The van der Waals surface area contributed by atoms with Crippen LogP contribution >= 0.6 is 11.6 Å². The SMILES string of the molecule is CC1(O)C2CC3CC(C2)CC1(Cl)C3. The first-order chi connectivity index (χ1) is 6.01. The number of hydrogen-bond donors (Lipinski definition) is 1. The predicted octanol–water partition coefficient (Wildman–Crippen LogP) is 2.55. The smallest absolute Gasteiger partial charge is 0.0838 e. The van der Waals surface area contributed by atoms with E-state index in [0.29, 0.717) is 5.92 Å². The third-order valence-corrected chi connectivity index (χ3v) is 5.52.